The number of pyridine rings is 1. The smallest absolute Gasteiger partial charge is 0.249 e. The van der Waals surface area contributed by atoms with Gasteiger partial charge in [-0.2, -0.15) is 4.98 Å². The summed E-state index contributed by atoms with van der Waals surface area (Å²) in [5.41, 5.74) is 1.87. The molecule has 0 N–H and O–H groups in total. The van der Waals surface area contributed by atoms with Crippen LogP contribution in [0.4, 0.5) is 0 Å². The van der Waals surface area contributed by atoms with Crippen molar-refractivity contribution >= 4 is 5.91 Å². The van der Waals surface area contributed by atoms with E-state index < -0.39 is 0 Å². The lowest BCUT2D eigenvalue weighted by molar-refractivity contribution is -0.135. The third-order valence-corrected chi connectivity index (χ3v) is 4.69. The molecule has 3 heterocycles. The fraction of sp³-hybridized carbons (Fsp3) is 0.300. The molecule has 1 amide bonds. The number of piperidine rings is 1. The highest BCUT2D eigenvalue weighted by atomic mass is 16.5. The van der Waals surface area contributed by atoms with Crippen molar-refractivity contribution in [3.8, 4) is 11.4 Å². The van der Waals surface area contributed by atoms with Crippen LogP contribution in [-0.2, 0) is 11.2 Å². The molecule has 0 bridgehead atoms. The van der Waals surface area contributed by atoms with Crippen LogP contribution in [0.2, 0.25) is 0 Å². The predicted octanol–water partition coefficient (Wildman–Crippen LogP) is 3.43. The summed E-state index contributed by atoms with van der Waals surface area (Å²) in [5.74, 6) is 1.14. The van der Waals surface area contributed by atoms with Gasteiger partial charge in [-0.1, -0.05) is 35.5 Å². The first-order valence-electron chi connectivity index (χ1n) is 8.88. The minimum Gasteiger partial charge on any atom is -0.337 e. The Balaban J connectivity index is 1.54. The van der Waals surface area contributed by atoms with E-state index >= 15 is 0 Å². The summed E-state index contributed by atoms with van der Waals surface area (Å²) < 4.78 is 5.51. The van der Waals surface area contributed by atoms with E-state index in [2.05, 4.69) is 15.1 Å². The number of carbonyl (C=O) groups is 1. The van der Waals surface area contributed by atoms with Crippen molar-refractivity contribution in [1.82, 2.24) is 20.0 Å². The molecule has 4 rings (SSSR count). The van der Waals surface area contributed by atoms with Gasteiger partial charge in [-0.15, -0.1) is 0 Å². The van der Waals surface area contributed by atoms with Gasteiger partial charge in [0.25, 0.3) is 0 Å². The molecule has 0 spiro atoms. The summed E-state index contributed by atoms with van der Waals surface area (Å²) in [6.07, 6.45) is 6.68. The van der Waals surface area contributed by atoms with Gasteiger partial charge in [0, 0.05) is 24.5 Å². The lowest BCUT2D eigenvalue weighted by Crippen LogP contribution is -2.39. The maximum atomic E-state index is 12.9. The molecule has 0 aliphatic carbocycles. The van der Waals surface area contributed by atoms with Gasteiger partial charge in [-0.25, -0.2) is 0 Å². The first-order valence-corrected chi connectivity index (χ1v) is 8.88. The van der Waals surface area contributed by atoms with Crippen LogP contribution < -0.4 is 0 Å². The molecule has 1 atom stereocenters. The molecule has 26 heavy (non-hydrogen) atoms. The molecule has 1 aliphatic heterocycles. The lowest BCUT2D eigenvalue weighted by Gasteiger charge is -2.33. The van der Waals surface area contributed by atoms with E-state index in [0.29, 0.717) is 18.1 Å². The topological polar surface area (TPSA) is 72.1 Å². The molecule has 6 nitrogen and oxygen atoms in total. The zero-order chi connectivity index (χ0) is 17.8. The monoisotopic (exact) mass is 348 g/mol. The van der Waals surface area contributed by atoms with Gasteiger partial charge in [0.1, 0.15) is 6.04 Å². The van der Waals surface area contributed by atoms with Gasteiger partial charge < -0.3 is 9.42 Å². The molecule has 1 saturated heterocycles. The zero-order valence-electron chi connectivity index (χ0n) is 14.4. The molecule has 0 unspecified atom stereocenters. The number of rotatable bonds is 4. The summed E-state index contributed by atoms with van der Waals surface area (Å²) in [5, 5.41) is 4.09. The van der Waals surface area contributed by atoms with Crippen molar-refractivity contribution < 1.29 is 9.32 Å². The number of nitrogens with zero attached hydrogens (tertiary/aromatic N) is 4. The second-order valence-corrected chi connectivity index (χ2v) is 6.45. The van der Waals surface area contributed by atoms with Crippen molar-refractivity contribution in [2.75, 3.05) is 6.54 Å². The van der Waals surface area contributed by atoms with Crippen molar-refractivity contribution in [3.63, 3.8) is 0 Å². The summed E-state index contributed by atoms with van der Waals surface area (Å²) >= 11 is 0. The van der Waals surface area contributed by atoms with Crippen molar-refractivity contribution in [2.45, 2.75) is 31.7 Å². The van der Waals surface area contributed by atoms with Crippen LogP contribution in [0, 0.1) is 0 Å². The average molecular weight is 348 g/mol. The summed E-state index contributed by atoms with van der Waals surface area (Å²) in [6, 6.07) is 13.3. The van der Waals surface area contributed by atoms with Crippen molar-refractivity contribution in [3.05, 3.63) is 66.3 Å². The van der Waals surface area contributed by atoms with Gasteiger partial charge in [0.05, 0.1) is 6.42 Å². The van der Waals surface area contributed by atoms with Crippen LogP contribution in [0.25, 0.3) is 11.4 Å². The van der Waals surface area contributed by atoms with Crippen LogP contribution in [0.5, 0.6) is 0 Å². The number of hydrogen-bond donors (Lipinski definition) is 0. The van der Waals surface area contributed by atoms with Gasteiger partial charge in [-0.3, -0.25) is 9.78 Å². The van der Waals surface area contributed by atoms with Crippen molar-refractivity contribution in [2.24, 2.45) is 0 Å². The van der Waals surface area contributed by atoms with E-state index in [4.69, 9.17) is 4.52 Å². The minimum absolute atomic E-state index is 0.101. The molecular weight excluding hydrogens is 328 g/mol. The molecular formula is C20H20N4O2. The fourth-order valence-electron chi connectivity index (χ4n) is 3.35. The zero-order valence-corrected chi connectivity index (χ0v) is 14.4. The maximum absolute atomic E-state index is 12.9. The standard InChI is InChI=1S/C20H20N4O2/c25-18(14-15-6-2-1-3-7-15)24-13-5-4-8-17(24)20-22-19(23-26-20)16-9-11-21-12-10-16/h1-3,6-7,9-12,17H,4-5,8,13-14H2/t17-/m1/s1. The third kappa shape index (κ3) is 3.49. The largest absolute Gasteiger partial charge is 0.337 e. The minimum atomic E-state index is -0.150. The number of benzene rings is 1. The quantitative estimate of drug-likeness (QED) is 0.722. The van der Waals surface area contributed by atoms with E-state index in [1.807, 2.05) is 47.4 Å². The molecule has 1 aromatic carbocycles. The van der Waals surface area contributed by atoms with Crippen LogP contribution in [-0.4, -0.2) is 32.5 Å². The fourth-order valence-corrected chi connectivity index (χ4v) is 3.35. The Morgan fingerprint density at radius 1 is 1.12 bits per heavy atom. The molecule has 0 radical (unpaired) electrons. The molecule has 1 aliphatic rings. The van der Waals surface area contributed by atoms with Crippen LogP contribution in [0.1, 0.15) is 36.8 Å². The summed E-state index contributed by atoms with van der Waals surface area (Å²) in [7, 11) is 0. The Bertz CT molecular complexity index is 864. The molecule has 6 heteroatoms. The summed E-state index contributed by atoms with van der Waals surface area (Å²) in [4.78, 5) is 23.3. The second-order valence-electron chi connectivity index (χ2n) is 6.45. The van der Waals surface area contributed by atoms with E-state index in [1.54, 1.807) is 12.4 Å². The van der Waals surface area contributed by atoms with Gasteiger partial charge in [0.2, 0.25) is 17.6 Å². The Hall–Kier alpha value is -3.02. The van der Waals surface area contributed by atoms with E-state index in [9.17, 15) is 4.79 Å². The van der Waals surface area contributed by atoms with Crippen molar-refractivity contribution in [1.29, 1.82) is 0 Å². The predicted molar refractivity (Wildman–Crippen MR) is 96.0 cm³/mol. The summed E-state index contributed by atoms with van der Waals surface area (Å²) in [6.45, 7) is 0.725. The highest BCUT2D eigenvalue weighted by Crippen LogP contribution is 2.31. The number of aromatic nitrogens is 3. The first kappa shape index (κ1) is 16.4. The molecule has 1 fully saturated rings. The number of carbonyl (C=O) groups excluding carboxylic acids is 1. The molecule has 132 valence electrons. The van der Waals surface area contributed by atoms with Crippen LogP contribution in [0.15, 0.2) is 59.4 Å². The number of likely N-dealkylation sites (tertiary alicyclic amines) is 1. The third-order valence-electron chi connectivity index (χ3n) is 4.69. The second kappa shape index (κ2) is 7.47. The highest BCUT2D eigenvalue weighted by Gasteiger charge is 2.32. The van der Waals surface area contributed by atoms with E-state index in [0.717, 1.165) is 36.9 Å². The van der Waals surface area contributed by atoms with Gasteiger partial charge >= 0.3 is 0 Å². The van der Waals surface area contributed by atoms with E-state index in [1.165, 1.54) is 0 Å². The Morgan fingerprint density at radius 2 is 1.92 bits per heavy atom. The SMILES string of the molecule is O=C(Cc1ccccc1)N1CCCC[C@@H]1c1nc(-c2ccncc2)no1. The van der Waals surface area contributed by atoms with Gasteiger partial charge in [-0.05, 0) is 37.0 Å². The molecule has 3 aromatic rings. The molecule has 0 saturated carbocycles. The average Bonchev–Trinajstić information content (AvgIpc) is 3.19. The van der Waals surface area contributed by atoms with Crippen LogP contribution >= 0.6 is 0 Å². The number of hydrogen-bond acceptors (Lipinski definition) is 5. The highest BCUT2D eigenvalue weighted by molar-refractivity contribution is 5.79. The Kier molecular flexibility index (Phi) is 4.73. The first-order chi connectivity index (χ1) is 12.8. The van der Waals surface area contributed by atoms with Crippen LogP contribution in [0.3, 0.4) is 0 Å². The Labute approximate surface area is 151 Å². The molecule has 2 aromatic heterocycles. The number of amides is 1. The Morgan fingerprint density at radius 3 is 2.73 bits per heavy atom. The van der Waals surface area contributed by atoms with E-state index in [-0.39, 0.29) is 11.9 Å². The normalized spacial score (nSPS) is 17.2. The lowest BCUT2D eigenvalue weighted by atomic mass is 10.0. The maximum Gasteiger partial charge on any atom is 0.249 e. The van der Waals surface area contributed by atoms with Gasteiger partial charge in [0.15, 0.2) is 0 Å².